The Bertz CT molecular complexity index is 530. The summed E-state index contributed by atoms with van der Waals surface area (Å²) in [5.41, 5.74) is 3.17. The quantitative estimate of drug-likeness (QED) is 0.683. The van der Waals surface area contributed by atoms with Crippen molar-refractivity contribution >= 4 is 28.5 Å². The van der Waals surface area contributed by atoms with Gasteiger partial charge in [-0.3, -0.25) is 15.3 Å². The Labute approximate surface area is 106 Å². The average molecular weight is 269 g/mol. The molecule has 0 aliphatic carbocycles. The van der Waals surface area contributed by atoms with E-state index in [1.54, 1.807) is 18.5 Å². The Balaban J connectivity index is 2.34. The lowest BCUT2D eigenvalue weighted by molar-refractivity contribution is 0.147. The standard InChI is InChI=1S/C10H8FN3OS2/c1-15-14-9(16)7-8(11)13-10(17-7)6-3-2-4-12-5-6/h2-5H,1H3,(H,14,16). The lowest BCUT2D eigenvalue weighted by atomic mass is 10.3. The molecule has 88 valence electrons. The van der Waals surface area contributed by atoms with Crippen molar-refractivity contribution < 1.29 is 9.23 Å². The highest BCUT2D eigenvalue weighted by Gasteiger charge is 2.16. The third-order valence-corrected chi connectivity index (χ3v) is 3.41. The van der Waals surface area contributed by atoms with Crippen molar-refractivity contribution in [3.63, 3.8) is 0 Å². The maximum Gasteiger partial charge on any atom is 0.234 e. The molecule has 0 unspecified atom stereocenters. The number of aromatic nitrogens is 2. The van der Waals surface area contributed by atoms with Gasteiger partial charge >= 0.3 is 0 Å². The maximum absolute atomic E-state index is 13.6. The van der Waals surface area contributed by atoms with Gasteiger partial charge in [-0.2, -0.15) is 4.39 Å². The minimum atomic E-state index is -0.608. The third-order valence-electron chi connectivity index (χ3n) is 1.90. The SMILES string of the molecule is CONC(=S)c1sc(-c2cccnc2)nc1F. The molecule has 0 aromatic carbocycles. The molecule has 0 fully saturated rings. The van der Waals surface area contributed by atoms with Crippen LogP contribution in [0.4, 0.5) is 4.39 Å². The molecule has 0 aliphatic heterocycles. The number of pyridine rings is 1. The first kappa shape index (κ1) is 12.0. The minimum Gasteiger partial charge on any atom is -0.279 e. The number of hydrogen-bond acceptors (Lipinski definition) is 5. The predicted octanol–water partition coefficient (Wildman–Crippen LogP) is 2.17. The average Bonchev–Trinajstić information content (AvgIpc) is 2.73. The molecule has 2 aromatic heterocycles. The number of rotatable bonds is 3. The van der Waals surface area contributed by atoms with E-state index in [-0.39, 0.29) is 9.87 Å². The van der Waals surface area contributed by atoms with Crippen molar-refractivity contribution in [3.05, 3.63) is 35.4 Å². The van der Waals surface area contributed by atoms with Crippen LogP contribution in [0.15, 0.2) is 24.5 Å². The molecule has 0 bridgehead atoms. The fourth-order valence-electron chi connectivity index (χ4n) is 1.19. The van der Waals surface area contributed by atoms with Gasteiger partial charge in [0.05, 0.1) is 7.11 Å². The minimum absolute atomic E-state index is 0.178. The Morgan fingerprint density at radius 3 is 3.06 bits per heavy atom. The van der Waals surface area contributed by atoms with E-state index in [4.69, 9.17) is 12.2 Å². The van der Waals surface area contributed by atoms with Crippen LogP contribution < -0.4 is 5.48 Å². The number of hydroxylamine groups is 1. The Morgan fingerprint density at radius 1 is 1.59 bits per heavy atom. The molecule has 0 atom stereocenters. The van der Waals surface area contributed by atoms with Gasteiger partial charge in [0.2, 0.25) is 5.95 Å². The van der Waals surface area contributed by atoms with Gasteiger partial charge in [0.1, 0.15) is 14.9 Å². The van der Waals surface area contributed by atoms with Crippen LogP contribution >= 0.6 is 23.6 Å². The number of thiazole rings is 1. The lowest BCUT2D eigenvalue weighted by Crippen LogP contribution is -2.20. The summed E-state index contributed by atoms with van der Waals surface area (Å²) >= 11 is 6.10. The molecular weight excluding hydrogens is 261 g/mol. The second-order valence-corrected chi connectivity index (χ2v) is 4.42. The Morgan fingerprint density at radius 2 is 2.41 bits per heavy atom. The fraction of sp³-hybridized carbons (Fsp3) is 0.100. The maximum atomic E-state index is 13.6. The van der Waals surface area contributed by atoms with Gasteiger partial charge in [-0.25, -0.2) is 4.98 Å². The van der Waals surface area contributed by atoms with Crippen LogP contribution in [0.1, 0.15) is 4.88 Å². The number of halogens is 1. The molecule has 0 saturated heterocycles. The summed E-state index contributed by atoms with van der Waals surface area (Å²) in [6.07, 6.45) is 3.26. The summed E-state index contributed by atoms with van der Waals surface area (Å²) in [4.78, 5) is 12.8. The Kier molecular flexibility index (Phi) is 3.72. The van der Waals surface area contributed by atoms with E-state index < -0.39 is 5.95 Å². The molecule has 0 aliphatic rings. The van der Waals surface area contributed by atoms with Gasteiger partial charge in [-0.05, 0) is 12.1 Å². The molecule has 17 heavy (non-hydrogen) atoms. The lowest BCUT2D eigenvalue weighted by Gasteiger charge is -2.00. The van der Waals surface area contributed by atoms with Crippen LogP contribution in [-0.2, 0) is 4.84 Å². The molecule has 2 rings (SSSR count). The predicted molar refractivity (Wildman–Crippen MR) is 67.1 cm³/mol. The normalized spacial score (nSPS) is 10.2. The summed E-state index contributed by atoms with van der Waals surface area (Å²) in [5.74, 6) is -0.608. The number of hydrogen-bond donors (Lipinski definition) is 1. The summed E-state index contributed by atoms with van der Waals surface area (Å²) < 4.78 is 13.6. The molecule has 0 radical (unpaired) electrons. The van der Waals surface area contributed by atoms with E-state index in [1.807, 2.05) is 6.07 Å². The first-order valence-corrected chi connectivity index (χ1v) is 5.85. The highest BCUT2D eigenvalue weighted by atomic mass is 32.1. The van der Waals surface area contributed by atoms with E-state index in [9.17, 15) is 4.39 Å². The van der Waals surface area contributed by atoms with Crippen molar-refractivity contribution in [2.24, 2.45) is 0 Å². The molecule has 1 N–H and O–H groups in total. The first-order chi connectivity index (χ1) is 8.22. The van der Waals surface area contributed by atoms with Crippen LogP contribution in [0.2, 0.25) is 0 Å². The van der Waals surface area contributed by atoms with Crippen molar-refractivity contribution in [2.75, 3.05) is 7.11 Å². The molecule has 0 saturated carbocycles. The van der Waals surface area contributed by atoms with Crippen LogP contribution in [0.5, 0.6) is 0 Å². The fourth-order valence-corrected chi connectivity index (χ4v) is 2.31. The smallest absolute Gasteiger partial charge is 0.234 e. The van der Waals surface area contributed by atoms with Gasteiger partial charge in [0.15, 0.2) is 0 Å². The largest absolute Gasteiger partial charge is 0.279 e. The monoisotopic (exact) mass is 269 g/mol. The van der Waals surface area contributed by atoms with Crippen LogP contribution in [-0.4, -0.2) is 22.1 Å². The zero-order valence-electron chi connectivity index (χ0n) is 8.81. The van der Waals surface area contributed by atoms with Gasteiger partial charge in [0, 0.05) is 18.0 Å². The first-order valence-electron chi connectivity index (χ1n) is 4.62. The molecule has 4 nitrogen and oxygen atoms in total. The topological polar surface area (TPSA) is 47.0 Å². The zero-order chi connectivity index (χ0) is 12.3. The van der Waals surface area contributed by atoms with E-state index in [0.29, 0.717) is 5.01 Å². The van der Waals surface area contributed by atoms with E-state index in [1.165, 1.54) is 7.11 Å². The van der Waals surface area contributed by atoms with E-state index in [0.717, 1.165) is 16.9 Å². The van der Waals surface area contributed by atoms with Crippen molar-refractivity contribution in [1.29, 1.82) is 0 Å². The molecule has 0 amide bonds. The molecule has 2 aromatic rings. The van der Waals surface area contributed by atoms with Crippen LogP contribution in [0.3, 0.4) is 0 Å². The highest BCUT2D eigenvalue weighted by molar-refractivity contribution is 7.81. The van der Waals surface area contributed by atoms with Gasteiger partial charge in [0.25, 0.3) is 0 Å². The number of thiocarbonyl (C=S) groups is 1. The molecule has 7 heteroatoms. The summed E-state index contributed by atoms with van der Waals surface area (Å²) in [6.45, 7) is 0. The molecule has 2 heterocycles. The summed E-state index contributed by atoms with van der Waals surface area (Å²) in [7, 11) is 1.41. The van der Waals surface area contributed by atoms with Gasteiger partial charge < -0.3 is 0 Å². The van der Waals surface area contributed by atoms with Crippen molar-refractivity contribution in [2.45, 2.75) is 0 Å². The number of nitrogens with one attached hydrogen (secondary N) is 1. The molecular formula is C10H8FN3OS2. The Hall–Kier alpha value is -1.44. The highest BCUT2D eigenvalue weighted by Crippen LogP contribution is 2.26. The van der Waals surface area contributed by atoms with Gasteiger partial charge in [-0.1, -0.05) is 12.2 Å². The van der Waals surface area contributed by atoms with Gasteiger partial charge in [-0.15, -0.1) is 11.3 Å². The summed E-state index contributed by atoms with van der Waals surface area (Å²) in [6, 6.07) is 3.57. The van der Waals surface area contributed by atoms with E-state index in [2.05, 4.69) is 20.3 Å². The summed E-state index contributed by atoms with van der Waals surface area (Å²) in [5, 5.41) is 0.533. The second-order valence-electron chi connectivity index (χ2n) is 3.02. The van der Waals surface area contributed by atoms with E-state index >= 15 is 0 Å². The van der Waals surface area contributed by atoms with Crippen molar-refractivity contribution in [3.8, 4) is 10.6 Å². The molecule has 0 spiro atoms. The van der Waals surface area contributed by atoms with Crippen LogP contribution in [0.25, 0.3) is 10.6 Å². The van der Waals surface area contributed by atoms with Crippen LogP contribution in [0, 0.1) is 5.95 Å². The van der Waals surface area contributed by atoms with Crippen molar-refractivity contribution in [1.82, 2.24) is 15.4 Å². The second kappa shape index (κ2) is 5.26. The zero-order valence-corrected chi connectivity index (χ0v) is 10.4. The third kappa shape index (κ3) is 2.63. The number of nitrogens with zero attached hydrogens (tertiary/aromatic N) is 2.